The van der Waals surface area contributed by atoms with Crippen molar-refractivity contribution in [2.24, 2.45) is 0 Å². The molecular formula is C11H11BrFN3O. The monoisotopic (exact) mass is 299 g/mol. The summed E-state index contributed by atoms with van der Waals surface area (Å²) in [5.74, 6) is -0.364. The molecule has 90 valence electrons. The van der Waals surface area contributed by atoms with Crippen LogP contribution in [0.2, 0.25) is 0 Å². The number of rotatable bonds is 1. The molecule has 0 N–H and O–H groups in total. The fraction of sp³-hybridized carbons (Fsp3) is 0.455. The van der Waals surface area contributed by atoms with Crippen LogP contribution in [0.5, 0.6) is 0 Å². The predicted octanol–water partition coefficient (Wildman–Crippen LogP) is 3.03. The zero-order chi connectivity index (χ0) is 11.8. The second-order valence-corrected chi connectivity index (χ2v) is 5.03. The third-order valence-electron chi connectivity index (χ3n) is 2.92. The summed E-state index contributed by atoms with van der Waals surface area (Å²) in [6.07, 6.45) is 2.94. The Kier molecular flexibility index (Phi) is 2.84. The number of aromatic nitrogens is 3. The van der Waals surface area contributed by atoms with Gasteiger partial charge >= 0.3 is 0 Å². The van der Waals surface area contributed by atoms with Crippen LogP contribution in [-0.4, -0.2) is 21.6 Å². The molecule has 17 heavy (non-hydrogen) atoms. The summed E-state index contributed by atoms with van der Waals surface area (Å²) in [4.78, 5) is 0. The first-order valence-electron chi connectivity index (χ1n) is 5.57. The average Bonchev–Trinajstić information content (AvgIpc) is 2.74. The van der Waals surface area contributed by atoms with E-state index in [0.717, 1.165) is 25.9 Å². The van der Waals surface area contributed by atoms with Gasteiger partial charge in [-0.05, 0) is 31.4 Å². The van der Waals surface area contributed by atoms with E-state index in [2.05, 4.69) is 26.2 Å². The van der Waals surface area contributed by atoms with Crippen LogP contribution >= 0.6 is 15.9 Å². The maximum absolute atomic E-state index is 13.6. The standard InChI is InChI=1S/C11H11BrFN3O/c12-7-5-8(13)11-9(6-7)16(15-14-11)10-3-1-2-4-17-10/h5-6,10H,1-4H2. The van der Waals surface area contributed by atoms with Gasteiger partial charge in [0.1, 0.15) is 5.52 Å². The molecule has 0 aliphatic carbocycles. The van der Waals surface area contributed by atoms with E-state index >= 15 is 0 Å². The number of halogens is 2. The first kappa shape index (κ1) is 11.1. The second-order valence-electron chi connectivity index (χ2n) is 4.11. The molecule has 6 heteroatoms. The van der Waals surface area contributed by atoms with Gasteiger partial charge in [0.15, 0.2) is 12.0 Å². The minimum atomic E-state index is -0.364. The van der Waals surface area contributed by atoms with E-state index in [0.29, 0.717) is 15.5 Å². The third-order valence-corrected chi connectivity index (χ3v) is 3.38. The minimum Gasteiger partial charge on any atom is -0.356 e. The Bertz CT molecular complexity index is 551. The summed E-state index contributed by atoms with van der Waals surface area (Å²) in [6.45, 7) is 0.725. The van der Waals surface area contributed by atoms with Gasteiger partial charge in [-0.2, -0.15) is 0 Å². The third kappa shape index (κ3) is 1.95. The molecule has 1 atom stereocenters. The predicted molar refractivity (Wildman–Crippen MR) is 64.0 cm³/mol. The minimum absolute atomic E-state index is 0.123. The van der Waals surface area contributed by atoms with Crippen molar-refractivity contribution in [2.75, 3.05) is 6.61 Å². The molecule has 1 unspecified atom stereocenters. The highest BCUT2D eigenvalue weighted by atomic mass is 79.9. The van der Waals surface area contributed by atoms with E-state index in [9.17, 15) is 4.39 Å². The summed E-state index contributed by atoms with van der Waals surface area (Å²) < 4.78 is 21.6. The summed E-state index contributed by atoms with van der Waals surface area (Å²) >= 11 is 3.28. The van der Waals surface area contributed by atoms with Gasteiger partial charge in [0.2, 0.25) is 0 Å². The molecule has 1 aliphatic heterocycles. The first-order valence-corrected chi connectivity index (χ1v) is 6.36. The number of fused-ring (bicyclic) bond motifs is 1. The van der Waals surface area contributed by atoms with Crippen LogP contribution in [-0.2, 0) is 4.74 Å². The van der Waals surface area contributed by atoms with Crippen molar-refractivity contribution < 1.29 is 9.13 Å². The molecule has 2 aromatic rings. The van der Waals surface area contributed by atoms with Gasteiger partial charge in [-0.15, -0.1) is 5.10 Å². The van der Waals surface area contributed by atoms with Crippen molar-refractivity contribution in [1.82, 2.24) is 15.0 Å². The highest BCUT2D eigenvalue weighted by molar-refractivity contribution is 9.10. The van der Waals surface area contributed by atoms with Gasteiger partial charge in [0.05, 0.1) is 5.52 Å². The highest BCUT2D eigenvalue weighted by Crippen LogP contribution is 2.27. The summed E-state index contributed by atoms with van der Waals surface area (Å²) in [5.41, 5.74) is 0.964. The van der Waals surface area contributed by atoms with E-state index < -0.39 is 0 Å². The second kappa shape index (κ2) is 4.34. The molecule has 0 saturated carbocycles. The number of nitrogens with zero attached hydrogens (tertiary/aromatic N) is 3. The molecule has 0 spiro atoms. The molecular weight excluding hydrogens is 289 g/mol. The van der Waals surface area contributed by atoms with Crippen LogP contribution in [0.25, 0.3) is 11.0 Å². The van der Waals surface area contributed by atoms with Gasteiger partial charge in [-0.1, -0.05) is 21.1 Å². The van der Waals surface area contributed by atoms with Crippen molar-refractivity contribution >= 4 is 27.0 Å². The number of benzene rings is 1. The lowest BCUT2D eigenvalue weighted by Gasteiger charge is -2.22. The Morgan fingerprint density at radius 3 is 3.06 bits per heavy atom. The lowest BCUT2D eigenvalue weighted by atomic mass is 10.2. The quantitative estimate of drug-likeness (QED) is 0.812. The molecule has 1 aliphatic rings. The fourth-order valence-corrected chi connectivity index (χ4v) is 2.51. The van der Waals surface area contributed by atoms with Crippen molar-refractivity contribution in [2.45, 2.75) is 25.5 Å². The number of hydrogen-bond donors (Lipinski definition) is 0. The lowest BCUT2D eigenvalue weighted by Crippen LogP contribution is -2.19. The summed E-state index contributed by atoms with van der Waals surface area (Å²) in [5, 5.41) is 7.87. The first-order chi connectivity index (χ1) is 8.25. The topological polar surface area (TPSA) is 39.9 Å². The van der Waals surface area contributed by atoms with Crippen LogP contribution in [0, 0.1) is 5.82 Å². The van der Waals surface area contributed by atoms with Crippen LogP contribution < -0.4 is 0 Å². The smallest absolute Gasteiger partial charge is 0.154 e. The maximum Gasteiger partial charge on any atom is 0.154 e. The number of hydrogen-bond acceptors (Lipinski definition) is 3. The number of ether oxygens (including phenoxy) is 1. The zero-order valence-electron chi connectivity index (χ0n) is 9.07. The van der Waals surface area contributed by atoms with Crippen LogP contribution in [0.3, 0.4) is 0 Å². The fourth-order valence-electron chi connectivity index (χ4n) is 2.10. The molecule has 0 radical (unpaired) electrons. The lowest BCUT2D eigenvalue weighted by molar-refractivity contribution is -0.0377. The van der Waals surface area contributed by atoms with E-state index in [-0.39, 0.29) is 12.0 Å². The van der Waals surface area contributed by atoms with Gasteiger partial charge < -0.3 is 4.74 Å². The maximum atomic E-state index is 13.6. The van der Waals surface area contributed by atoms with Crippen molar-refractivity contribution in [1.29, 1.82) is 0 Å². The van der Waals surface area contributed by atoms with Gasteiger partial charge in [-0.3, -0.25) is 0 Å². The Hall–Kier alpha value is -1.01. The van der Waals surface area contributed by atoms with E-state index in [1.54, 1.807) is 4.68 Å². The van der Waals surface area contributed by atoms with Crippen molar-refractivity contribution in [3.05, 3.63) is 22.4 Å². The molecule has 1 saturated heterocycles. The molecule has 1 aromatic carbocycles. The van der Waals surface area contributed by atoms with Crippen LogP contribution in [0.4, 0.5) is 4.39 Å². The van der Waals surface area contributed by atoms with Crippen molar-refractivity contribution in [3.8, 4) is 0 Å². The summed E-state index contributed by atoms with van der Waals surface area (Å²) in [6, 6.07) is 3.21. The van der Waals surface area contributed by atoms with Crippen LogP contribution in [0.15, 0.2) is 16.6 Å². The normalized spacial score (nSPS) is 20.9. The Morgan fingerprint density at radius 1 is 1.41 bits per heavy atom. The molecule has 1 fully saturated rings. The van der Waals surface area contributed by atoms with E-state index in [4.69, 9.17) is 4.74 Å². The largest absolute Gasteiger partial charge is 0.356 e. The SMILES string of the molecule is Fc1cc(Br)cc2c1nnn2C1CCCCO1. The molecule has 4 nitrogen and oxygen atoms in total. The molecule has 2 heterocycles. The van der Waals surface area contributed by atoms with E-state index in [1.807, 2.05) is 6.07 Å². The summed E-state index contributed by atoms with van der Waals surface area (Å²) in [7, 11) is 0. The van der Waals surface area contributed by atoms with Gasteiger partial charge in [-0.25, -0.2) is 9.07 Å². The van der Waals surface area contributed by atoms with E-state index in [1.165, 1.54) is 6.07 Å². The van der Waals surface area contributed by atoms with Gasteiger partial charge in [0, 0.05) is 11.1 Å². The molecule has 0 bridgehead atoms. The van der Waals surface area contributed by atoms with Gasteiger partial charge in [0.25, 0.3) is 0 Å². The average molecular weight is 300 g/mol. The Labute approximate surface area is 106 Å². The Morgan fingerprint density at radius 2 is 2.29 bits per heavy atom. The van der Waals surface area contributed by atoms with Crippen molar-refractivity contribution in [3.63, 3.8) is 0 Å². The highest BCUT2D eigenvalue weighted by Gasteiger charge is 2.20. The Balaban J connectivity index is 2.10. The molecule has 1 aromatic heterocycles. The van der Waals surface area contributed by atoms with Crippen LogP contribution in [0.1, 0.15) is 25.5 Å². The molecule has 3 rings (SSSR count). The molecule has 0 amide bonds. The zero-order valence-corrected chi connectivity index (χ0v) is 10.7.